The van der Waals surface area contributed by atoms with Gasteiger partial charge in [0.1, 0.15) is 12.0 Å². The Balaban J connectivity index is 1.29. The van der Waals surface area contributed by atoms with E-state index in [1.165, 1.54) is 6.26 Å². The van der Waals surface area contributed by atoms with E-state index in [0.717, 1.165) is 24.9 Å². The Labute approximate surface area is 155 Å². The van der Waals surface area contributed by atoms with Crippen LogP contribution in [0.1, 0.15) is 19.3 Å². The third kappa shape index (κ3) is 3.67. The van der Waals surface area contributed by atoms with Gasteiger partial charge in [0.25, 0.3) is 0 Å². The molecule has 1 aromatic carbocycles. The van der Waals surface area contributed by atoms with Gasteiger partial charge >= 0.3 is 12.0 Å². The number of oxazole rings is 1. The average molecular weight is 375 g/mol. The highest BCUT2D eigenvalue weighted by atomic mass is 35.5. The van der Waals surface area contributed by atoms with Crippen molar-refractivity contribution in [3.05, 3.63) is 35.6 Å². The largest absolute Gasteiger partial charge is 0.431 e. The minimum Gasteiger partial charge on any atom is -0.431 e. The molecule has 0 radical (unpaired) electrons. The molecule has 0 spiro atoms. The van der Waals surface area contributed by atoms with Gasteiger partial charge in [-0.25, -0.2) is 4.79 Å². The number of hydrogen-bond donors (Lipinski definition) is 2. The number of amides is 3. The van der Waals surface area contributed by atoms with Crippen LogP contribution in [-0.2, 0) is 4.79 Å². The molecule has 1 atom stereocenters. The minimum atomic E-state index is -0.408. The fraction of sp³-hybridized carbons (Fsp3) is 0.389. The lowest BCUT2D eigenvalue weighted by molar-refractivity contribution is -0.128. The first kappa shape index (κ1) is 16.9. The molecular formula is C18H19ClN4O3. The monoisotopic (exact) mass is 374 g/mol. The van der Waals surface area contributed by atoms with Crippen molar-refractivity contribution in [3.8, 4) is 11.3 Å². The Morgan fingerprint density at radius 2 is 2.15 bits per heavy atom. The molecule has 2 fully saturated rings. The molecule has 1 aliphatic carbocycles. The molecule has 26 heavy (non-hydrogen) atoms. The van der Waals surface area contributed by atoms with E-state index in [4.69, 9.17) is 16.0 Å². The van der Waals surface area contributed by atoms with Crippen LogP contribution in [0.4, 0.5) is 10.8 Å². The van der Waals surface area contributed by atoms with Crippen molar-refractivity contribution in [2.24, 2.45) is 5.92 Å². The van der Waals surface area contributed by atoms with Gasteiger partial charge in [0.05, 0.1) is 5.02 Å². The highest BCUT2D eigenvalue weighted by molar-refractivity contribution is 6.33. The van der Waals surface area contributed by atoms with Crippen molar-refractivity contribution in [2.75, 3.05) is 18.4 Å². The number of carbonyl (C=O) groups excluding carboxylic acids is 2. The standard InChI is InChI=1S/C18H19ClN4O3/c19-14-4-2-1-3-13(14)15-10-26-18(21-15)22-17(25)20-8-11-7-16(24)23(9-11)12-5-6-12/h1-4,10-12H,5-9H2,(H2,20,21,22,25). The summed E-state index contributed by atoms with van der Waals surface area (Å²) < 4.78 is 5.29. The number of nitrogens with one attached hydrogen (secondary N) is 2. The molecule has 1 aromatic heterocycles. The van der Waals surface area contributed by atoms with Gasteiger partial charge in [-0.05, 0) is 18.9 Å². The van der Waals surface area contributed by atoms with Gasteiger partial charge in [-0.1, -0.05) is 29.8 Å². The smallest absolute Gasteiger partial charge is 0.322 e. The molecule has 2 N–H and O–H groups in total. The van der Waals surface area contributed by atoms with E-state index in [0.29, 0.717) is 29.7 Å². The van der Waals surface area contributed by atoms with Gasteiger partial charge in [-0.2, -0.15) is 4.98 Å². The number of halogens is 1. The quantitative estimate of drug-likeness (QED) is 0.841. The molecule has 8 heteroatoms. The molecule has 0 bridgehead atoms. The van der Waals surface area contributed by atoms with Crippen molar-refractivity contribution >= 4 is 29.6 Å². The second-order valence-electron chi connectivity index (χ2n) is 6.70. The lowest BCUT2D eigenvalue weighted by atomic mass is 10.1. The summed E-state index contributed by atoms with van der Waals surface area (Å²) in [6.45, 7) is 1.16. The van der Waals surface area contributed by atoms with Gasteiger partial charge in [-0.3, -0.25) is 10.1 Å². The van der Waals surface area contributed by atoms with Crippen LogP contribution in [0.15, 0.2) is 34.9 Å². The molecule has 2 aromatic rings. The normalized spacial score (nSPS) is 19.7. The Kier molecular flexibility index (Phi) is 4.55. The van der Waals surface area contributed by atoms with Crippen molar-refractivity contribution < 1.29 is 14.0 Å². The van der Waals surface area contributed by atoms with Gasteiger partial charge < -0.3 is 14.6 Å². The van der Waals surface area contributed by atoms with E-state index >= 15 is 0 Å². The molecule has 2 aliphatic rings. The summed E-state index contributed by atoms with van der Waals surface area (Å²) in [6.07, 6.45) is 4.14. The maximum absolute atomic E-state index is 12.0. The number of likely N-dealkylation sites (tertiary alicyclic amines) is 1. The fourth-order valence-corrected chi connectivity index (χ4v) is 3.42. The molecule has 1 saturated carbocycles. The Bertz CT molecular complexity index is 833. The number of anilines is 1. The predicted octanol–water partition coefficient (Wildman–Crippen LogP) is 3.13. The van der Waals surface area contributed by atoms with Crippen LogP contribution in [0.2, 0.25) is 5.02 Å². The van der Waals surface area contributed by atoms with Crippen LogP contribution in [0.3, 0.4) is 0 Å². The minimum absolute atomic E-state index is 0.0968. The summed E-state index contributed by atoms with van der Waals surface area (Å²) in [7, 11) is 0. The average Bonchev–Trinajstić information content (AvgIpc) is 3.25. The number of nitrogens with zero attached hydrogens (tertiary/aromatic N) is 2. The van der Waals surface area contributed by atoms with E-state index in [1.807, 2.05) is 23.1 Å². The van der Waals surface area contributed by atoms with Crippen molar-refractivity contribution in [1.29, 1.82) is 0 Å². The first-order chi connectivity index (χ1) is 12.6. The Morgan fingerprint density at radius 1 is 1.35 bits per heavy atom. The van der Waals surface area contributed by atoms with Crippen LogP contribution in [0.5, 0.6) is 0 Å². The highest BCUT2D eigenvalue weighted by Crippen LogP contribution is 2.32. The second-order valence-corrected chi connectivity index (χ2v) is 7.11. The van der Waals surface area contributed by atoms with Crippen LogP contribution >= 0.6 is 11.6 Å². The predicted molar refractivity (Wildman–Crippen MR) is 96.8 cm³/mol. The van der Waals surface area contributed by atoms with E-state index in [9.17, 15) is 9.59 Å². The zero-order chi connectivity index (χ0) is 18.1. The maximum Gasteiger partial charge on any atom is 0.322 e. The summed E-state index contributed by atoms with van der Waals surface area (Å²) in [4.78, 5) is 30.1. The molecule has 4 rings (SSSR count). The molecule has 136 valence electrons. The SMILES string of the molecule is O=C(NCC1CC(=O)N(C2CC2)C1)Nc1nc(-c2ccccc2Cl)co1. The first-order valence-electron chi connectivity index (χ1n) is 8.65. The molecule has 1 saturated heterocycles. The van der Waals surface area contributed by atoms with Gasteiger partial charge in [0, 0.05) is 37.0 Å². The van der Waals surface area contributed by atoms with E-state index in [1.54, 1.807) is 6.07 Å². The summed E-state index contributed by atoms with van der Waals surface area (Å²) in [6, 6.07) is 7.39. The topological polar surface area (TPSA) is 87.5 Å². The third-order valence-electron chi connectivity index (χ3n) is 4.65. The second kappa shape index (κ2) is 6.99. The molecule has 7 nitrogen and oxygen atoms in total. The Morgan fingerprint density at radius 3 is 2.92 bits per heavy atom. The van der Waals surface area contributed by atoms with Gasteiger partial charge in [0.2, 0.25) is 5.91 Å². The van der Waals surface area contributed by atoms with E-state index in [2.05, 4.69) is 15.6 Å². The lowest BCUT2D eigenvalue weighted by Gasteiger charge is -2.15. The van der Waals surface area contributed by atoms with Crippen LogP contribution in [-0.4, -0.2) is 41.0 Å². The zero-order valence-corrected chi connectivity index (χ0v) is 14.8. The van der Waals surface area contributed by atoms with Crippen LogP contribution < -0.4 is 10.6 Å². The van der Waals surface area contributed by atoms with Crippen molar-refractivity contribution in [1.82, 2.24) is 15.2 Å². The van der Waals surface area contributed by atoms with Crippen LogP contribution in [0.25, 0.3) is 11.3 Å². The summed E-state index contributed by atoms with van der Waals surface area (Å²) in [5.74, 6) is 0.342. The summed E-state index contributed by atoms with van der Waals surface area (Å²) >= 11 is 6.13. The summed E-state index contributed by atoms with van der Waals surface area (Å²) in [5, 5.41) is 5.90. The molecule has 1 unspecified atom stereocenters. The number of urea groups is 1. The number of rotatable bonds is 5. The van der Waals surface area contributed by atoms with Gasteiger partial charge in [0.15, 0.2) is 0 Å². The molecule has 2 heterocycles. The zero-order valence-electron chi connectivity index (χ0n) is 14.1. The lowest BCUT2D eigenvalue weighted by Crippen LogP contribution is -2.34. The first-order valence-corrected chi connectivity index (χ1v) is 9.02. The maximum atomic E-state index is 12.0. The molecule has 3 amide bonds. The molecular weight excluding hydrogens is 356 g/mol. The van der Waals surface area contributed by atoms with Gasteiger partial charge in [-0.15, -0.1) is 0 Å². The number of carbonyl (C=O) groups is 2. The van der Waals surface area contributed by atoms with Crippen LogP contribution in [0, 0.1) is 5.92 Å². The van der Waals surface area contributed by atoms with E-state index < -0.39 is 6.03 Å². The van der Waals surface area contributed by atoms with E-state index in [-0.39, 0.29) is 17.8 Å². The number of aromatic nitrogens is 1. The fourth-order valence-electron chi connectivity index (χ4n) is 3.19. The molecule has 1 aliphatic heterocycles. The Hall–Kier alpha value is -2.54. The highest BCUT2D eigenvalue weighted by Gasteiger charge is 2.39. The number of hydrogen-bond acceptors (Lipinski definition) is 4. The van der Waals surface area contributed by atoms with Crippen molar-refractivity contribution in [3.63, 3.8) is 0 Å². The van der Waals surface area contributed by atoms with Crippen molar-refractivity contribution in [2.45, 2.75) is 25.3 Å². The summed E-state index contributed by atoms with van der Waals surface area (Å²) in [5.41, 5.74) is 1.28. The third-order valence-corrected chi connectivity index (χ3v) is 4.98. The number of benzene rings is 1.